The van der Waals surface area contributed by atoms with E-state index in [9.17, 15) is 19.2 Å². The number of hydrogen-bond donors (Lipinski definition) is 2. The quantitative estimate of drug-likeness (QED) is 0.491. The number of carbonyl (C=O) groups is 4. The number of amides is 4. The number of nitrogens with zero attached hydrogens (tertiary/aromatic N) is 3. The van der Waals surface area contributed by atoms with Crippen molar-refractivity contribution in [1.82, 2.24) is 25.3 Å². The topological polar surface area (TPSA) is 121 Å². The van der Waals surface area contributed by atoms with Gasteiger partial charge in [-0.2, -0.15) is 0 Å². The largest absolute Gasteiger partial charge is 0.467 e. The molecule has 0 aromatic rings. The standard InChI is InChI=1S/C26H43N5O6/c1-36-25(34)21(17-19-5-3-2-4-6-19)28-23(32)22-18-30(24(33)20-7-9-27-10-8-20)11-12-31(22)26(35)29-13-15-37-16-14-29/h19-22,27H,2-18H2,1H3,(H,28,32)/t21-,22+/m0/s1. The van der Waals surface area contributed by atoms with Crippen LogP contribution in [-0.4, -0.2) is 117 Å². The molecule has 3 saturated heterocycles. The maximum absolute atomic E-state index is 13.7. The van der Waals surface area contributed by atoms with Crippen LogP contribution in [0.3, 0.4) is 0 Å². The monoisotopic (exact) mass is 521 g/mol. The third-order valence-electron chi connectivity index (χ3n) is 8.31. The summed E-state index contributed by atoms with van der Waals surface area (Å²) < 4.78 is 10.4. The van der Waals surface area contributed by atoms with E-state index in [1.54, 1.807) is 14.7 Å². The Morgan fingerprint density at radius 1 is 0.946 bits per heavy atom. The molecular weight excluding hydrogens is 478 g/mol. The van der Waals surface area contributed by atoms with Gasteiger partial charge in [-0.15, -0.1) is 0 Å². The van der Waals surface area contributed by atoms with Gasteiger partial charge in [-0.3, -0.25) is 9.59 Å². The normalized spacial score (nSPS) is 24.9. The van der Waals surface area contributed by atoms with Gasteiger partial charge in [0.05, 0.1) is 26.9 Å². The summed E-state index contributed by atoms with van der Waals surface area (Å²) in [4.78, 5) is 58.1. The second kappa shape index (κ2) is 13.4. The highest BCUT2D eigenvalue weighted by atomic mass is 16.5. The van der Waals surface area contributed by atoms with E-state index in [1.165, 1.54) is 13.5 Å². The van der Waals surface area contributed by atoms with Crippen molar-refractivity contribution in [1.29, 1.82) is 0 Å². The van der Waals surface area contributed by atoms with Crippen molar-refractivity contribution in [2.24, 2.45) is 11.8 Å². The summed E-state index contributed by atoms with van der Waals surface area (Å²) in [5.74, 6) is -0.544. The van der Waals surface area contributed by atoms with E-state index < -0.39 is 24.0 Å². The first-order valence-corrected chi connectivity index (χ1v) is 14.0. The molecule has 0 unspecified atom stereocenters. The molecule has 1 aliphatic carbocycles. The molecule has 0 bridgehead atoms. The first-order chi connectivity index (χ1) is 18.0. The van der Waals surface area contributed by atoms with Crippen LogP contribution in [0.25, 0.3) is 0 Å². The second-order valence-electron chi connectivity index (χ2n) is 10.7. The fourth-order valence-corrected chi connectivity index (χ4v) is 6.08. The zero-order chi connectivity index (χ0) is 26.2. The molecule has 11 nitrogen and oxygen atoms in total. The molecule has 0 spiro atoms. The minimum Gasteiger partial charge on any atom is -0.467 e. The van der Waals surface area contributed by atoms with Crippen molar-refractivity contribution >= 4 is 23.8 Å². The Labute approximate surface area is 219 Å². The Morgan fingerprint density at radius 3 is 2.32 bits per heavy atom. The molecule has 4 aliphatic rings. The summed E-state index contributed by atoms with van der Waals surface area (Å²) >= 11 is 0. The molecule has 2 atom stereocenters. The number of urea groups is 1. The van der Waals surface area contributed by atoms with E-state index in [0.29, 0.717) is 45.2 Å². The van der Waals surface area contributed by atoms with E-state index in [4.69, 9.17) is 9.47 Å². The molecule has 4 rings (SSSR count). The fourth-order valence-electron chi connectivity index (χ4n) is 6.08. The third-order valence-corrected chi connectivity index (χ3v) is 8.31. The van der Waals surface area contributed by atoms with E-state index in [1.807, 2.05) is 0 Å². The van der Waals surface area contributed by atoms with Gasteiger partial charge in [0.25, 0.3) is 0 Å². The van der Waals surface area contributed by atoms with Crippen LogP contribution in [-0.2, 0) is 23.9 Å². The van der Waals surface area contributed by atoms with Crippen LogP contribution in [0, 0.1) is 11.8 Å². The van der Waals surface area contributed by atoms with Crippen LogP contribution >= 0.6 is 0 Å². The van der Waals surface area contributed by atoms with Crippen LogP contribution in [0.5, 0.6) is 0 Å². The molecule has 3 heterocycles. The average molecular weight is 522 g/mol. The van der Waals surface area contributed by atoms with Crippen molar-refractivity contribution < 1.29 is 28.7 Å². The van der Waals surface area contributed by atoms with Gasteiger partial charge in [0.1, 0.15) is 12.1 Å². The smallest absolute Gasteiger partial charge is 0.328 e. The predicted molar refractivity (Wildman–Crippen MR) is 136 cm³/mol. The molecule has 0 radical (unpaired) electrons. The van der Waals surface area contributed by atoms with Gasteiger partial charge in [-0.25, -0.2) is 9.59 Å². The zero-order valence-corrected chi connectivity index (χ0v) is 22.1. The summed E-state index contributed by atoms with van der Waals surface area (Å²) in [5.41, 5.74) is 0. The number of carbonyl (C=O) groups excluding carboxylic acids is 4. The lowest BCUT2D eigenvalue weighted by atomic mass is 9.84. The van der Waals surface area contributed by atoms with Crippen LogP contribution in [0.15, 0.2) is 0 Å². The number of ether oxygens (including phenoxy) is 2. The number of rotatable bonds is 6. The van der Waals surface area contributed by atoms with E-state index in [0.717, 1.165) is 51.6 Å². The summed E-state index contributed by atoms with van der Waals surface area (Å²) in [7, 11) is 1.33. The average Bonchev–Trinajstić information content (AvgIpc) is 2.96. The summed E-state index contributed by atoms with van der Waals surface area (Å²) in [6.07, 6.45) is 7.60. The highest BCUT2D eigenvalue weighted by molar-refractivity contribution is 5.91. The molecule has 1 saturated carbocycles. The van der Waals surface area contributed by atoms with Gasteiger partial charge in [-0.05, 0) is 38.3 Å². The van der Waals surface area contributed by atoms with Crippen LogP contribution in [0.4, 0.5) is 4.79 Å². The molecule has 37 heavy (non-hydrogen) atoms. The van der Waals surface area contributed by atoms with Crippen LogP contribution in [0.2, 0.25) is 0 Å². The number of piperazine rings is 1. The number of piperidine rings is 1. The number of nitrogens with one attached hydrogen (secondary N) is 2. The predicted octanol–water partition coefficient (Wildman–Crippen LogP) is 0.579. The number of hydrogen-bond acceptors (Lipinski definition) is 7. The Morgan fingerprint density at radius 2 is 1.65 bits per heavy atom. The highest BCUT2D eigenvalue weighted by Crippen LogP contribution is 2.28. The van der Waals surface area contributed by atoms with E-state index in [-0.39, 0.29) is 30.9 Å². The molecule has 0 aromatic carbocycles. The lowest BCUT2D eigenvalue weighted by molar-refractivity contribution is -0.148. The van der Waals surface area contributed by atoms with Crippen molar-refractivity contribution in [3.8, 4) is 0 Å². The van der Waals surface area contributed by atoms with Gasteiger partial charge < -0.3 is 34.8 Å². The molecular formula is C26H43N5O6. The van der Waals surface area contributed by atoms with Crippen molar-refractivity contribution in [2.75, 3.05) is 66.1 Å². The first-order valence-electron chi connectivity index (χ1n) is 14.0. The Bertz CT molecular complexity index is 807. The maximum atomic E-state index is 13.7. The van der Waals surface area contributed by atoms with Crippen molar-refractivity contribution in [3.05, 3.63) is 0 Å². The van der Waals surface area contributed by atoms with Crippen LogP contribution in [0.1, 0.15) is 51.4 Å². The zero-order valence-electron chi connectivity index (χ0n) is 22.1. The Balaban J connectivity index is 1.49. The van der Waals surface area contributed by atoms with E-state index >= 15 is 0 Å². The van der Waals surface area contributed by atoms with Gasteiger partial charge in [0, 0.05) is 32.1 Å². The Hall–Kier alpha value is -2.40. The molecule has 4 fully saturated rings. The van der Waals surface area contributed by atoms with Gasteiger partial charge in [0.15, 0.2) is 0 Å². The number of morpholine rings is 1. The Kier molecular flexibility index (Phi) is 10.0. The lowest BCUT2D eigenvalue weighted by Gasteiger charge is -2.44. The summed E-state index contributed by atoms with van der Waals surface area (Å²) in [6, 6.07) is -1.86. The van der Waals surface area contributed by atoms with Gasteiger partial charge >= 0.3 is 12.0 Å². The SMILES string of the molecule is COC(=O)[C@H](CC1CCCCC1)NC(=O)[C@H]1CN(C(=O)C2CCNCC2)CCN1C(=O)N1CCOCC1. The first kappa shape index (κ1) is 27.6. The highest BCUT2D eigenvalue weighted by Gasteiger charge is 2.41. The molecule has 4 amide bonds. The third kappa shape index (κ3) is 7.13. The van der Waals surface area contributed by atoms with Gasteiger partial charge in [0.2, 0.25) is 11.8 Å². The molecule has 2 N–H and O–H groups in total. The number of esters is 1. The van der Waals surface area contributed by atoms with Gasteiger partial charge in [-0.1, -0.05) is 32.1 Å². The van der Waals surface area contributed by atoms with E-state index in [2.05, 4.69) is 10.6 Å². The lowest BCUT2D eigenvalue weighted by Crippen LogP contribution is -2.65. The van der Waals surface area contributed by atoms with Crippen molar-refractivity contribution in [3.63, 3.8) is 0 Å². The maximum Gasteiger partial charge on any atom is 0.328 e. The molecule has 3 aliphatic heterocycles. The summed E-state index contributed by atoms with van der Waals surface area (Å²) in [6.45, 7) is 4.26. The minimum absolute atomic E-state index is 0.0458. The van der Waals surface area contributed by atoms with Crippen LogP contribution < -0.4 is 10.6 Å². The second-order valence-corrected chi connectivity index (χ2v) is 10.7. The minimum atomic E-state index is -0.867. The summed E-state index contributed by atoms with van der Waals surface area (Å²) in [5, 5.41) is 6.19. The molecule has 208 valence electrons. The molecule has 0 aromatic heterocycles. The fraction of sp³-hybridized carbons (Fsp3) is 0.846. The number of methoxy groups -OCH3 is 1. The van der Waals surface area contributed by atoms with Crippen molar-refractivity contribution in [2.45, 2.75) is 63.5 Å². The molecule has 11 heteroatoms.